The molecule has 0 aliphatic rings. The van der Waals surface area contributed by atoms with Crippen molar-refractivity contribution >= 4 is 13.9 Å². The van der Waals surface area contributed by atoms with Gasteiger partial charge in [-0.05, 0) is 25.1 Å². The van der Waals surface area contributed by atoms with Crippen molar-refractivity contribution in [3.05, 3.63) is 64.2 Å². The molecule has 0 saturated carbocycles. The van der Waals surface area contributed by atoms with Crippen LogP contribution in [0.4, 0.5) is 5.69 Å². The third-order valence-electron chi connectivity index (χ3n) is 2.93. The summed E-state index contributed by atoms with van der Waals surface area (Å²) in [5, 5.41) is 20.5. The zero-order valence-electron chi connectivity index (χ0n) is 13.0. The molecule has 0 fully saturated rings. The van der Waals surface area contributed by atoms with Crippen LogP contribution in [-0.2, 0) is 4.52 Å². The van der Waals surface area contributed by atoms with Crippen molar-refractivity contribution < 1.29 is 58.4 Å². The Morgan fingerprint density at radius 3 is 2.33 bits per heavy atom. The molecule has 2 aromatic carbocycles. The van der Waals surface area contributed by atoms with Crippen LogP contribution in [0.15, 0.2) is 48.5 Å². The van der Waals surface area contributed by atoms with Crippen molar-refractivity contribution in [2.45, 2.75) is 13.0 Å². The van der Waals surface area contributed by atoms with Crippen molar-refractivity contribution in [1.29, 1.82) is 0 Å². The maximum Gasteiger partial charge on any atom is 1.00 e. The summed E-state index contributed by atoms with van der Waals surface area (Å²) in [7, 11) is -4.85. The normalized spacial score (nSPS) is 12.1. The van der Waals surface area contributed by atoms with Crippen LogP contribution >= 0.6 is 8.17 Å². The first-order valence-corrected chi connectivity index (χ1v) is 7.96. The van der Waals surface area contributed by atoms with Gasteiger partial charge in [-0.2, -0.15) is 4.52 Å². The molecule has 0 aliphatic carbocycles. The average molecular weight is 361 g/mol. The van der Waals surface area contributed by atoms with Gasteiger partial charge in [-0.25, -0.2) is 0 Å². The quantitative estimate of drug-likeness (QED) is 0.298. The molecule has 0 aromatic heterocycles. The number of benzene rings is 2. The van der Waals surface area contributed by atoms with Crippen molar-refractivity contribution in [3.63, 3.8) is 0 Å². The minimum Gasteiger partial charge on any atom is -0.627 e. The number of phosphoric ester groups is 1. The summed E-state index contributed by atoms with van der Waals surface area (Å²) < 4.78 is 9.52. The van der Waals surface area contributed by atoms with E-state index in [0.29, 0.717) is 0 Å². The third kappa shape index (κ3) is 5.39. The number of phenols is 1. The summed E-state index contributed by atoms with van der Waals surface area (Å²) >= 11 is 0. The SMILES string of the molecule is CC(O[P+]([O-])([O-])Oc1ccccc1O)c1ccccc1[N+](=O)[O-].[Na+]. The molecule has 2 aromatic rings. The van der Waals surface area contributed by atoms with Crippen LogP contribution in [-0.4, -0.2) is 10.0 Å². The van der Waals surface area contributed by atoms with Crippen LogP contribution in [0.25, 0.3) is 0 Å². The van der Waals surface area contributed by atoms with E-state index in [-0.39, 0.29) is 52.3 Å². The number of hydrogen-bond donors (Lipinski definition) is 1. The summed E-state index contributed by atoms with van der Waals surface area (Å²) in [5.41, 5.74) is -0.169. The van der Waals surface area contributed by atoms with E-state index in [1.807, 2.05) is 0 Å². The molecule has 8 nitrogen and oxygen atoms in total. The third-order valence-corrected chi connectivity index (χ3v) is 3.93. The van der Waals surface area contributed by atoms with Crippen LogP contribution in [0.3, 0.4) is 0 Å². The fourth-order valence-corrected chi connectivity index (χ4v) is 2.86. The van der Waals surface area contributed by atoms with Crippen molar-refractivity contribution in [1.82, 2.24) is 0 Å². The van der Waals surface area contributed by atoms with E-state index in [9.17, 15) is 25.0 Å². The van der Waals surface area contributed by atoms with Crippen molar-refractivity contribution in [2.75, 3.05) is 0 Å². The number of rotatable bonds is 6. The van der Waals surface area contributed by atoms with Crippen LogP contribution in [0.1, 0.15) is 18.6 Å². The van der Waals surface area contributed by atoms with Crippen LogP contribution in [0, 0.1) is 10.1 Å². The maximum atomic E-state index is 11.9. The Balaban J connectivity index is 0.00000288. The summed E-state index contributed by atoms with van der Waals surface area (Å²) in [6, 6.07) is 11.1. The molecule has 0 radical (unpaired) electrons. The van der Waals surface area contributed by atoms with Gasteiger partial charge >= 0.3 is 29.6 Å². The fraction of sp³-hybridized carbons (Fsp3) is 0.143. The smallest absolute Gasteiger partial charge is 0.627 e. The van der Waals surface area contributed by atoms with E-state index in [1.54, 1.807) is 0 Å². The Hall–Kier alpha value is -1.25. The molecule has 0 bridgehead atoms. The van der Waals surface area contributed by atoms with Crippen LogP contribution < -0.4 is 43.9 Å². The predicted octanol–water partition coefficient (Wildman–Crippen LogP) is -1.14. The molecular weight excluding hydrogens is 348 g/mol. The molecule has 0 amide bonds. The van der Waals surface area contributed by atoms with E-state index < -0.39 is 19.2 Å². The molecule has 0 spiro atoms. The number of aromatic hydroxyl groups is 1. The Labute approximate surface area is 160 Å². The summed E-state index contributed by atoms with van der Waals surface area (Å²) in [4.78, 5) is 34.2. The number of nitro benzene ring substituents is 1. The zero-order chi connectivity index (χ0) is 17.0. The van der Waals surface area contributed by atoms with Gasteiger partial charge in [0.2, 0.25) is 13.9 Å². The summed E-state index contributed by atoms with van der Waals surface area (Å²) in [5.74, 6) is -0.661. The molecule has 0 aliphatic heterocycles. The van der Waals surface area contributed by atoms with E-state index in [2.05, 4.69) is 4.52 Å². The standard InChI is InChI=1S/C14H14NO7P.Na/c1-10(11-6-2-3-7-12(11)15(17)18)21-23(19,20)22-14-9-5-4-8-13(14)16;/h2-10,16H,1H3,(H,19,20);/q;+1/p-1. The van der Waals surface area contributed by atoms with Crippen LogP contribution in [0.5, 0.6) is 11.5 Å². The zero-order valence-corrected chi connectivity index (χ0v) is 15.9. The Morgan fingerprint density at radius 1 is 1.12 bits per heavy atom. The number of phosphoric acid groups is 1. The Kier molecular flexibility index (Phi) is 7.56. The molecule has 1 N–H and O–H groups in total. The Morgan fingerprint density at radius 2 is 1.71 bits per heavy atom. The largest absolute Gasteiger partial charge is 1.00 e. The van der Waals surface area contributed by atoms with Gasteiger partial charge in [0, 0.05) is 6.07 Å². The first kappa shape index (κ1) is 20.8. The maximum absolute atomic E-state index is 11.9. The molecule has 24 heavy (non-hydrogen) atoms. The first-order chi connectivity index (χ1) is 10.8. The second-order valence-corrected chi connectivity index (χ2v) is 5.86. The van der Waals surface area contributed by atoms with E-state index in [1.165, 1.54) is 55.5 Å². The fourth-order valence-electron chi connectivity index (χ4n) is 1.92. The molecule has 0 heterocycles. The minimum atomic E-state index is -4.85. The van der Waals surface area contributed by atoms with Crippen molar-refractivity contribution in [2.24, 2.45) is 0 Å². The van der Waals surface area contributed by atoms with Gasteiger partial charge in [0.1, 0.15) is 6.10 Å². The van der Waals surface area contributed by atoms with Gasteiger partial charge in [-0.15, -0.1) is 0 Å². The molecular formula is C14H13NNaO7P. The number of phenolic OH excluding ortho intramolecular Hbond substituents is 1. The minimum absolute atomic E-state index is 0. The molecule has 10 heteroatoms. The average Bonchev–Trinajstić information content (AvgIpc) is 2.49. The number of nitrogens with zero attached hydrogens (tertiary/aromatic N) is 1. The molecule has 0 saturated heterocycles. The molecule has 122 valence electrons. The predicted molar refractivity (Wildman–Crippen MR) is 78.3 cm³/mol. The Bertz CT molecular complexity index is 713. The summed E-state index contributed by atoms with van der Waals surface area (Å²) in [6.45, 7) is 1.35. The van der Waals surface area contributed by atoms with Gasteiger partial charge in [0.05, 0.1) is 10.5 Å². The number of hydrogen-bond acceptors (Lipinski definition) is 7. The van der Waals surface area contributed by atoms with Crippen LogP contribution in [0.2, 0.25) is 0 Å². The van der Waals surface area contributed by atoms with Crippen molar-refractivity contribution in [3.8, 4) is 11.5 Å². The van der Waals surface area contributed by atoms with E-state index in [0.717, 1.165) is 0 Å². The van der Waals surface area contributed by atoms with Gasteiger partial charge < -0.3 is 19.4 Å². The monoisotopic (exact) mass is 361 g/mol. The molecule has 1 atom stereocenters. The van der Waals surface area contributed by atoms with Gasteiger partial charge in [0.15, 0.2) is 5.75 Å². The van der Waals surface area contributed by atoms with Gasteiger partial charge in [-0.1, -0.05) is 24.3 Å². The molecule has 1 unspecified atom stereocenters. The van der Waals surface area contributed by atoms with Gasteiger partial charge in [0.25, 0.3) is 5.69 Å². The second-order valence-electron chi connectivity index (χ2n) is 4.57. The van der Waals surface area contributed by atoms with E-state index in [4.69, 9.17) is 4.52 Å². The second kappa shape index (κ2) is 8.73. The van der Waals surface area contributed by atoms with E-state index >= 15 is 0 Å². The summed E-state index contributed by atoms with van der Waals surface area (Å²) in [6.07, 6.45) is -1.13. The number of para-hydroxylation sites is 3. The first-order valence-electron chi connectivity index (χ1n) is 6.50. The molecule has 2 rings (SSSR count). The topological polar surface area (TPSA) is 128 Å². The van der Waals surface area contributed by atoms with Gasteiger partial charge in [-0.3, -0.25) is 10.1 Å². The number of nitro groups is 1.